The number of nitrogen functional groups attached to an aromatic ring is 1. The Morgan fingerprint density at radius 1 is 1.12 bits per heavy atom. The van der Waals surface area contributed by atoms with Crippen molar-refractivity contribution in [3.05, 3.63) is 42.1 Å². The number of phenols is 1. The minimum atomic E-state index is 0.236. The molecule has 16 heavy (non-hydrogen) atoms. The van der Waals surface area contributed by atoms with Gasteiger partial charge >= 0.3 is 0 Å². The highest BCUT2D eigenvalue weighted by atomic mass is 16.3. The van der Waals surface area contributed by atoms with Crippen molar-refractivity contribution in [1.82, 2.24) is 4.98 Å². The standard InChI is InChI=1S/C12H13N3O/c13-7-11-10(5-6-15-12(11)14)8-1-3-9(16)4-2-8/h1-6,16H,7,13H2,(H2,14,15). The lowest BCUT2D eigenvalue weighted by Crippen LogP contribution is -2.05. The van der Waals surface area contributed by atoms with E-state index in [1.807, 2.05) is 18.2 Å². The molecular weight excluding hydrogens is 202 g/mol. The van der Waals surface area contributed by atoms with Gasteiger partial charge in [0.15, 0.2) is 0 Å². The minimum absolute atomic E-state index is 0.236. The number of nitrogens with two attached hydrogens (primary N) is 2. The number of rotatable bonds is 2. The third-order valence-corrected chi connectivity index (χ3v) is 2.47. The van der Waals surface area contributed by atoms with Gasteiger partial charge < -0.3 is 16.6 Å². The second kappa shape index (κ2) is 4.20. The second-order valence-electron chi connectivity index (χ2n) is 3.47. The minimum Gasteiger partial charge on any atom is -0.508 e. The number of benzene rings is 1. The van der Waals surface area contributed by atoms with Gasteiger partial charge in [0.25, 0.3) is 0 Å². The van der Waals surface area contributed by atoms with E-state index in [9.17, 15) is 5.11 Å². The first-order valence-electron chi connectivity index (χ1n) is 4.95. The first-order chi connectivity index (χ1) is 7.72. The molecule has 0 aliphatic rings. The number of aromatic hydroxyl groups is 1. The van der Waals surface area contributed by atoms with Crippen molar-refractivity contribution in [2.45, 2.75) is 6.54 Å². The Morgan fingerprint density at radius 3 is 2.44 bits per heavy atom. The maximum Gasteiger partial charge on any atom is 0.128 e. The molecule has 0 radical (unpaired) electrons. The van der Waals surface area contributed by atoms with Gasteiger partial charge in [0, 0.05) is 18.3 Å². The summed E-state index contributed by atoms with van der Waals surface area (Å²) in [5, 5.41) is 9.22. The van der Waals surface area contributed by atoms with Crippen LogP contribution < -0.4 is 11.5 Å². The monoisotopic (exact) mass is 215 g/mol. The second-order valence-corrected chi connectivity index (χ2v) is 3.47. The fourth-order valence-corrected chi connectivity index (χ4v) is 1.63. The molecule has 4 nitrogen and oxygen atoms in total. The zero-order valence-electron chi connectivity index (χ0n) is 8.72. The largest absolute Gasteiger partial charge is 0.508 e. The number of anilines is 1. The van der Waals surface area contributed by atoms with Gasteiger partial charge in [-0.05, 0) is 29.3 Å². The van der Waals surface area contributed by atoms with Gasteiger partial charge in [-0.25, -0.2) is 4.98 Å². The van der Waals surface area contributed by atoms with Crippen LogP contribution in [0.3, 0.4) is 0 Å². The smallest absolute Gasteiger partial charge is 0.128 e. The molecule has 0 spiro atoms. The van der Waals surface area contributed by atoms with Crippen LogP contribution in [-0.4, -0.2) is 10.1 Å². The molecule has 0 bridgehead atoms. The van der Waals surface area contributed by atoms with Crippen LogP contribution in [0.15, 0.2) is 36.5 Å². The predicted molar refractivity (Wildman–Crippen MR) is 63.6 cm³/mol. The van der Waals surface area contributed by atoms with E-state index >= 15 is 0 Å². The van der Waals surface area contributed by atoms with Crippen molar-refractivity contribution in [3.8, 4) is 16.9 Å². The Hall–Kier alpha value is -2.07. The molecule has 1 aromatic heterocycles. The fraction of sp³-hybridized carbons (Fsp3) is 0.0833. The highest BCUT2D eigenvalue weighted by Gasteiger charge is 2.07. The van der Waals surface area contributed by atoms with Gasteiger partial charge in [-0.3, -0.25) is 0 Å². The van der Waals surface area contributed by atoms with E-state index in [-0.39, 0.29) is 5.75 Å². The summed E-state index contributed by atoms with van der Waals surface area (Å²) < 4.78 is 0. The van der Waals surface area contributed by atoms with E-state index in [4.69, 9.17) is 11.5 Å². The third-order valence-electron chi connectivity index (χ3n) is 2.47. The summed E-state index contributed by atoms with van der Waals surface area (Å²) in [5.74, 6) is 0.688. The van der Waals surface area contributed by atoms with Gasteiger partial charge in [0.2, 0.25) is 0 Å². The Kier molecular flexibility index (Phi) is 2.74. The normalized spacial score (nSPS) is 10.3. The molecule has 4 heteroatoms. The molecule has 0 unspecified atom stereocenters. The van der Waals surface area contributed by atoms with Crippen LogP contribution in [0.25, 0.3) is 11.1 Å². The molecule has 5 N–H and O–H groups in total. The summed E-state index contributed by atoms with van der Waals surface area (Å²) in [7, 11) is 0. The Bertz CT molecular complexity index is 494. The highest BCUT2D eigenvalue weighted by Crippen LogP contribution is 2.27. The summed E-state index contributed by atoms with van der Waals surface area (Å²) in [5.41, 5.74) is 14.2. The summed E-state index contributed by atoms with van der Waals surface area (Å²) in [6.45, 7) is 0.343. The molecule has 0 atom stereocenters. The molecule has 0 saturated carbocycles. The fourth-order valence-electron chi connectivity index (χ4n) is 1.63. The van der Waals surface area contributed by atoms with Crippen LogP contribution >= 0.6 is 0 Å². The molecule has 0 amide bonds. The molecule has 0 saturated heterocycles. The Morgan fingerprint density at radius 2 is 1.81 bits per heavy atom. The van der Waals surface area contributed by atoms with Crippen LogP contribution in [0.2, 0.25) is 0 Å². The summed E-state index contributed by atoms with van der Waals surface area (Å²) in [6.07, 6.45) is 1.65. The molecule has 1 aromatic carbocycles. The Balaban J connectivity index is 2.55. The van der Waals surface area contributed by atoms with Crippen molar-refractivity contribution in [3.63, 3.8) is 0 Å². The maximum atomic E-state index is 9.22. The first kappa shape index (κ1) is 10.4. The van der Waals surface area contributed by atoms with Gasteiger partial charge in [0.1, 0.15) is 11.6 Å². The van der Waals surface area contributed by atoms with Crippen LogP contribution in [0, 0.1) is 0 Å². The van der Waals surface area contributed by atoms with Crippen molar-refractivity contribution in [1.29, 1.82) is 0 Å². The number of hydrogen-bond donors (Lipinski definition) is 3. The van der Waals surface area contributed by atoms with Gasteiger partial charge in [-0.1, -0.05) is 12.1 Å². The van der Waals surface area contributed by atoms with Crippen LogP contribution in [0.5, 0.6) is 5.75 Å². The lowest BCUT2D eigenvalue weighted by atomic mass is 10.0. The molecule has 2 rings (SSSR count). The SMILES string of the molecule is NCc1c(-c2ccc(O)cc2)ccnc1N. The predicted octanol–water partition coefficient (Wildman–Crippen LogP) is 1.50. The average Bonchev–Trinajstić information content (AvgIpc) is 2.30. The first-order valence-corrected chi connectivity index (χ1v) is 4.95. The number of aromatic nitrogens is 1. The zero-order chi connectivity index (χ0) is 11.5. The van der Waals surface area contributed by atoms with Crippen LogP contribution in [0.1, 0.15) is 5.56 Å². The van der Waals surface area contributed by atoms with Gasteiger partial charge in [-0.15, -0.1) is 0 Å². The van der Waals surface area contributed by atoms with E-state index in [1.54, 1.807) is 18.3 Å². The molecule has 0 aliphatic heterocycles. The quantitative estimate of drug-likeness (QED) is 0.708. The lowest BCUT2D eigenvalue weighted by Gasteiger charge is -2.09. The maximum absolute atomic E-state index is 9.22. The highest BCUT2D eigenvalue weighted by molar-refractivity contribution is 5.71. The van der Waals surface area contributed by atoms with Crippen molar-refractivity contribution >= 4 is 5.82 Å². The summed E-state index contributed by atoms with van der Waals surface area (Å²) in [4.78, 5) is 4.00. The lowest BCUT2D eigenvalue weighted by molar-refractivity contribution is 0.475. The topological polar surface area (TPSA) is 85.2 Å². The van der Waals surface area contributed by atoms with E-state index < -0.39 is 0 Å². The van der Waals surface area contributed by atoms with Crippen molar-refractivity contribution < 1.29 is 5.11 Å². The third kappa shape index (κ3) is 1.83. The Labute approximate surface area is 93.5 Å². The number of phenolic OH excluding ortho intramolecular Hbond substituents is 1. The molecule has 82 valence electrons. The van der Waals surface area contributed by atoms with Crippen LogP contribution in [-0.2, 0) is 6.54 Å². The van der Waals surface area contributed by atoms with Crippen LogP contribution in [0.4, 0.5) is 5.82 Å². The molecule has 0 aliphatic carbocycles. The van der Waals surface area contributed by atoms with Gasteiger partial charge in [0.05, 0.1) is 0 Å². The average molecular weight is 215 g/mol. The number of nitrogens with zero attached hydrogens (tertiary/aromatic N) is 1. The summed E-state index contributed by atoms with van der Waals surface area (Å²) in [6, 6.07) is 8.77. The molecule has 2 aromatic rings. The van der Waals surface area contributed by atoms with E-state index in [2.05, 4.69) is 4.98 Å². The van der Waals surface area contributed by atoms with Gasteiger partial charge in [-0.2, -0.15) is 0 Å². The van der Waals surface area contributed by atoms with E-state index in [1.165, 1.54) is 0 Å². The number of hydrogen-bond acceptors (Lipinski definition) is 4. The van der Waals surface area contributed by atoms with Crippen molar-refractivity contribution in [2.24, 2.45) is 5.73 Å². The molecule has 0 fully saturated rings. The van der Waals surface area contributed by atoms with E-state index in [0.717, 1.165) is 16.7 Å². The van der Waals surface area contributed by atoms with E-state index in [0.29, 0.717) is 12.4 Å². The molecular formula is C12H13N3O. The number of pyridine rings is 1. The van der Waals surface area contributed by atoms with Crippen molar-refractivity contribution in [2.75, 3.05) is 5.73 Å². The zero-order valence-corrected chi connectivity index (χ0v) is 8.72. The molecule has 1 heterocycles. The summed E-state index contributed by atoms with van der Waals surface area (Å²) >= 11 is 0.